The van der Waals surface area contributed by atoms with Crippen LogP contribution in [0.4, 0.5) is 4.79 Å². The van der Waals surface area contributed by atoms with E-state index in [1.165, 1.54) is 61.3 Å². The molecule has 1 heterocycles. The molecule has 2 unspecified atom stereocenters. The molecule has 1 saturated carbocycles. The quantitative estimate of drug-likeness (QED) is 0.742. The van der Waals surface area contributed by atoms with E-state index in [9.17, 15) is 4.79 Å². The molecule has 0 aromatic carbocycles. The number of thioether (sulfide) groups is 2. The average Bonchev–Trinajstić information content (AvgIpc) is 2.68. The zero-order valence-corrected chi connectivity index (χ0v) is 10.7. The Labute approximate surface area is 99.7 Å². The summed E-state index contributed by atoms with van der Waals surface area (Å²) in [6.07, 6.45) is 8.27. The highest BCUT2D eigenvalue weighted by atomic mass is 32.2. The molecule has 2 rings (SSSR count). The number of aliphatic imine (C=N–C) groups is 1. The molecule has 0 aromatic rings. The minimum Gasteiger partial charge on any atom is -0.290 e. The van der Waals surface area contributed by atoms with Gasteiger partial charge in [-0.2, -0.15) is 0 Å². The third-order valence-corrected chi connectivity index (χ3v) is 5.15. The highest BCUT2D eigenvalue weighted by Crippen LogP contribution is 2.33. The molecule has 0 amide bonds. The van der Waals surface area contributed by atoms with Gasteiger partial charge in [-0.25, -0.2) is 0 Å². The van der Waals surface area contributed by atoms with Crippen LogP contribution in [-0.2, 0) is 0 Å². The lowest BCUT2D eigenvalue weighted by atomic mass is 9.86. The Hall–Kier alpha value is 0.0400. The fourth-order valence-corrected chi connectivity index (χ4v) is 3.65. The van der Waals surface area contributed by atoms with Crippen molar-refractivity contribution < 1.29 is 4.79 Å². The van der Waals surface area contributed by atoms with Crippen LogP contribution in [0.2, 0.25) is 0 Å². The van der Waals surface area contributed by atoms with Gasteiger partial charge in [0.25, 0.3) is 0 Å². The van der Waals surface area contributed by atoms with Gasteiger partial charge in [-0.3, -0.25) is 9.79 Å². The number of nitrogens with zero attached hydrogens (tertiary/aromatic N) is 1. The molecule has 0 aromatic heterocycles. The van der Waals surface area contributed by atoms with E-state index >= 15 is 0 Å². The zero-order chi connectivity index (χ0) is 10.7. The first kappa shape index (κ1) is 11.5. The van der Waals surface area contributed by atoms with E-state index in [2.05, 4.69) is 0 Å². The predicted octanol–water partition coefficient (Wildman–Crippen LogP) is 3.61. The van der Waals surface area contributed by atoms with E-state index < -0.39 is 0 Å². The number of carbonyl (C=O) groups is 1. The summed E-state index contributed by atoms with van der Waals surface area (Å²) >= 11 is 2.75. The Bertz CT molecular complexity index is 278. The fraction of sp³-hybridized carbons (Fsp3) is 0.818. The van der Waals surface area contributed by atoms with Crippen molar-refractivity contribution in [2.45, 2.75) is 38.1 Å². The SMILES string of the molecule is CSC(=O)SCC1CC2CCCCC2=N1. The molecule has 1 fully saturated rings. The Kier molecular flexibility index (Phi) is 4.14. The van der Waals surface area contributed by atoms with Gasteiger partial charge in [0.1, 0.15) is 0 Å². The van der Waals surface area contributed by atoms with Crippen molar-refractivity contribution in [2.75, 3.05) is 12.0 Å². The van der Waals surface area contributed by atoms with Gasteiger partial charge in [0.15, 0.2) is 0 Å². The topological polar surface area (TPSA) is 29.4 Å². The highest BCUT2D eigenvalue weighted by Gasteiger charge is 2.29. The van der Waals surface area contributed by atoms with Crippen molar-refractivity contribution in [1.29, 1.82) is 0 Å². The average molecular weight is 243 g/mol. The van der Waals surface area contributed by atoms with Crippen molar-refractivity contribution in [1.82, 2.24) is 0 Å². The highest BCUT2D eigenvalue weighted by molar-refractivity contribution is 8.38. The normalized spacial score (nSPS) is 29.8. The van der Waals surface area contributed by atoms with Crippen LogP contribution >= 0.6 is 23.5 Å². The molecule has 15 heavy (non-hydrogen) atoms. The van der Waals surface area contributed by atoms with Crippen molar-refractivity contribution in [3.8, 4) is 0 Å². The molecule has 4 heteroatoms. The maximum Gasteiger partial charge on any atom is 0.245 e. The van der Waals surface area contributed by atoms with Crippen molar-refractivity contribution in [3.05, 3.63) is 0 Å². The molecule has 2 aliphatic rings. The molecule has 0 spiro atoms. The van der Waals surface area contributed by atoms with E-state index in [0.717, 1.165) is 11.7 Å². The second-order valence-corrected chi connectivity index (χ2v) is 6.25. The van der Waals surface area contributed by atoms with Gasteiger partial charge < -0.3 is 0 Å². The van der Waals surface area contributed by atoms with E-state index in [4.69, 9.17) is 4.99 Å². The van der Waals surface area contributed by atoms with Gasteiger partial charge in [-0.15, -0.1) is 0 Å². The lowest BCUT2D eigenvalue weighted by Crippen LogP contribution is -2.15. The summed E-state index contributed by atoms with van der Waals surface area (Å²) in [6, 6.07) is 0.421. The fourth-order valence-electron chi connectivity index (χ4n) is 2.44. The Morgan fingerprint density at radius 2 is 2.40 bits per heavy atom. The van der Waals surface area contributed by atoms with Gasteiger partial charge in [-0.05, 0) is 37.9 Å². The minimum atomic E-state index is 0.227. The molecule has 0 N–H and O–H groups in total. The first-order valence-corrected chi connectivity index (χ1v) is 7.78. The van der Waals surface area contributed by atoms with Crippen molar-refractivity contribution in [3.63, 3.8) is 0 Å². The number of hydrogen-bond acceptors (Lipinski definition) is 4. The summed E-state index contributed by atoms with van der Waals surface area (Å²) in [7, 11) is 0. The number of fused-ring (bicyclic) bond motifs is 1. The largest absolute Gasteiger partial charge is 0.290 e. The lowest BCUT2D eigenvalue weighted by molar-refractivity contribution is 0.276. The van der Waals surface area contributed by atoms with Crippen LogP contribution < -0.4 is 0 Å². The summed E-state index contributed by atoms with van der Waals surface area (Å²) in [5.74, 6) is 1.65. The summed E-state index contributed by atoms with van der Waals surface area (Å²) in [6.45, 7) is 0. The van der Waals surface area contributed by atoms with E-state index in [-0.39, 0.29) is 4.45 Å². The molecule has 1 aliphatic carbocycles. The standard InChI is InChI=1S/C11H17NOS2/c1-14-11(13)15-7-9-6-8-4-2-3-5-10(8)12-9/h8-9H,2-7H2,1H3. The second kappa shape index (κ2) is 5.39. The third-order valence-electron chi connectivity index (χ3n) is 3.17. The van der Waals surface area contributed by atoms with Gasteiger partial charge in [0.05, 0.1) is 6.04 Å². The van der Waals surface area contributed by atoms with Gasteiger partial charge in [0.2, 0.25) is 4.45 Å². The molecule has 0 saturated heterocycles. The first-order valence-electron chi connectivity index (χ1n) is 5.57. The second-order valence-electron chi connectivity index (χ2n) is 4.22. The van der Waals surface area contributed by atoms with Crippen LogP contribution in [0.25, 0.3) is 0 Å². The number of rotatable bonds is 2. The monoisotopic (exact) mass is 243 g/mol. The van der Waals surface area contributed by atoms with Crippen LogP contribution in [0.1, 0.15) is 32.1 Å². The minimum absolute atomic E-state index is 0.227. The van der Waals surface area contributed by atoms with Crippen LogP contribution in [0, 0.1) is 5.92 Å². The lowest BCUT2D eigenvalue weighted by Gasteiger charge is -2.18. The molecule has 2 atom stereocenters. The Morgan fingerprint density at radius 1 is 1.53 bits per heavy atom. The number of carbonyl (C=O) groups excluding carboxylic acids is 1. The van der Waals surface area contributed by atoms with Crippen LogP contribution in [0.3, 0.4) is 0 Å². The molecule has 1 aliphatic heterocycles. The summed E-state index contributed by atoms with van der Waals surface area (Å²) in [5.41, 5.74) is 1.45. The molecule has 84 valence electrons. The smallest absolute Gasteiger partial charge is 0.245 e. The van der Waals surface area contributed by atoms with E-state index in [1.54, 1.807) is 0 Å². The van der Waals surface area contributed by atoms with E-state index in [1.807, 2.05) is 6.26 Å². The Balaban J connectivity index is 1.81. The van der Waals surface area contributed by atoms with E-state index in [0.29, 0.717) is 6.04 Å². The van der Waals surface area contributed by atoms with Crippen molar-refractivity contribution >= 4 is 33.7 Å². The number of hydrogen-bond donors (Lipinski definition) is 0. The molecular formula is C11H17NOS2. The maximum atomic E-state index is 11.2. The van der Waals surface area contributed by atoms with Crippen LogP contribution in [0.5, 0.6) is 0 Å². The predicted molar refractivity (Wildman–Crippen MR) is 69.2 cm³/mol. The summed E-state index contributed by atoms with van der Waals surface area (Å²) in [5, 5.41) is 0. The summed E-state index contributed by atoms with van der Waals surface area (Å²) < 4.78 is 0.227. The first-order chi connectivity index (χ1) is 7.29. The summed E-state index contributed by atoms with van der Waals surface area (Å²) in [4.78, 5) is 15.9. The van der Waals surface area contributed by atoms with Crippen LogP contribution in [-0.4, -0.2) is 28.2 Å². The molecule has 2 nitrogen and oxygen atoms in total. The molecule has 0 bridgehead atoms. The molecule has 0 radical (unpaired) electrons. The third kappa shape index (κ3) is 3.00. The molecular weight excluding hydrogens is 226 g/mol. The van der Waals surface area contributed by atoms with Crippen LogP contribution in [0.15, 0.2) is 4.99 Å². The zero-order valence-electron chi connectivity index (χ0n) is 9.07. The van der Waals surface area contributed by atoms with Gasteiger partial charge in [-0.1, -0.05) is 29.9 Å². The maximum absolute atomic E-state index is 11.2. The van der Waals surface area contributed by atoms with Gasteiger partial charge >= 0.3 is 0 Å². The van der Waals surface area contributed by atoms with Crippen molar-refractivity contribution in [2.24, 2.45) is 10.9 Å². The Morgan fingerprint density at radius 3 is 3.13 bits per heavy atom. The van der Waals surface area contributed by atoms with Gasteiger partial charge in [0, 0.05) is 11.5 Å².